The molecular formula is C14H16O2. The Morgan fingerprint density at radius 1 is 1.25 bits per heavy atom. The predicted octanol–water partition coefficient (Wildman–Crippen LogP) is 3.32. The fourth-order valence-electron chi connectivity index (χ4n) is 2.01. The SMILES string of the molecule is CC(=O)C1=C(C)OC(c2ccc(C)cc2)C1. The maximum absolute atomic E-state index is 11.3. The van der Waals surface area contributed by atoms with Crippen molar-refractivity contribution < 1.29 is 9.53 Å². The van der Waals surface area contributed by atoms with E-state index in [0.29, 0.717) is 6.42 Å². The molecule has 1 unspecified atom stereocenters. The van der Waals surface area contributed by atoms with Crippen molar-refractivity contribution in [2.24, 2.45) is 0 Å². The molecule has 1 aliphatic rings. The van der Waals surface area contributed by atoms with Gasteiger partial charge in [-0.1, -0.05) is 29.8 Å². The maximum Gasteiger partial charge on any atom is 0.159 e. The van der Waals surface area contributed by atoms with Crippen LogP contribution in [0.2, 0.25) is 0 Å². The monoisotopic (exact) mass is 216 g/mol. The van der Waals surface area contributed by atoms with Crippen LogP contribution in [0.15, 0.2) is 35.6 Å². The van der Waals surface area contributed by atoms with Gasteiger partial charge in [0.25, 0.3) is 0 Å². The van der Waals surface area contributed by atoms with E-state index in [9.17, 15) is 4.79 Å². The first kappa shape index (κ1) is 10.9. The van der Waals surface area contributed by atoms with Gasteiger partial charge in [0.2, 0.25) is 0 Å². The summed E-state index contributed by atoms with van der Waals surface area (Å²) in [5.74, 6) is 0.894. The molecule has 1 aromatic carbocycles. The fraction of sp³-hybridized carbons (Fsp3) is 0.357. The van der Waals surface area contributed by atoms with Crippen LogP contribution < -0.4 is 0 Å². The van der Waals surface area contributed by atoms with Gasteiger partial charge in [0.1, 0.15) is 11.9 Å². The quantitative estimate of drug-likeness (QED) is 0.758. The largest absolute Gasteiger partial charge is 0.490 e. The highest BCUT2D eigenvalue weighted by Gasteiger charge is 2.26. The van der Waals surface area contributed by atoms with Crippen LogP contribution in [0.3, 0.4) is 0 Å². The number of benzene rings is 1. The second-order valence-electron chi connectivity index (χ2n) is 4.31. The molecule has 0 amide bonds. The third-order valence-electron chi connectivity index (χ3n) is 3.01. The van der Waals surface area contributed by atoms with Crippen molar-refractivity contribution in [2.75, 3.05) is 0 Å². The molecule has 0 saturated heterocycles. The highest BCUT2D eigenvalue weighted by atomic mass is 16.5. The molecule has 0 fully saturated rings. The van der Waals surface area contributed by atoms with Crippen molar-refractivity contribution in [2.45, 2.75) is 33.3 Å². The summed E-state index contributed by atoms with van der Waals surface area (Å²) in [6.07, 6.45) is 0.712. The zero-order valence-electron chi connectivity index (χ0n) is 9.91. The molecule has 0 aromatic heterocycles. The second kappa shape index (κ2) is 4.12. The molecule has 0 bridgehead atoms. The van der Waals surface area contributed by atoms with E-state index < -0.39 is 0 Å². The van der Waals surface area contributed by atoms with Crippen molar-refractivity contribution in [1.82, 2.24) is 0 Å². The molecule has 1 aromatic rings. The van der Waals surface area contributed by atoms with Crippen LogP contribution in [-0.4, -0.2) is 5.78 Å². The minimum Gasteiger partial charge on any atom is -0.490 e. The van der Waals surface area contributed by atoms with E-state index in [1.807, 2.05) is 6.92 Å². The molecule has 84 valence electrons. The van der Waals surface area contributed by atoms with Crippen LogP contribution in [0.1, 0.15) is 37.5 Å². The molecule has 0 aliphatic carbocycles. The average molecular weight is 216 g/mol. The van der Waals surface area contributed by atoms with Crippen molar-refractivity contribution in [3.63, 3.8) is 0 Å². The van der Waals surface area contributed by atoms with Crippen LogP contribution in [0.25, 0.3) is 0 Å². The molecule has 1 atom stereocenters. The number of rotatable bonds is 2. The number of hydrogen-bond acceptors (Lipinski definition) is 2. The van der Waals surface area contributed by atoms with E-state index in [-0.39, 0.29) is 11.9 Å². The lowest BCUT2D eigenvalue weighted by atomic mass is 10.0. The smallest absolute Gasteiger partial charge is 0.159 e. The molecule has 0 saturated carbocycles. The van der Waals surface area contributed by atoms with E-state index in [1.165, 1.54) is 5.56 Å². The Kier molecular flexibility index (Phi) is 2.82. The zero-order valence-corrected chi connectivity index (χ0v) is 9.91. The lowest BCUT2D eigenvalue weighted by molar-refractivity contribution is -0.113. The van der Waals surface area contributed by atoms with Gasteiger partial charge in [0, 0.05) is 12.0 Å². The first-order valence-electron chi connectivity index (χ1n) is 5.52. The summed E-state index contributed by atoms with van der Waals surface area (Å²) in [5.41, 5.74) is 3.20. The van der Waals surface area contributed by atoms with Gasteiger partial charge in [-0.15, -0.1) is 0 Å². The molecule has 0 radical (unpaired) electrons. The van der Waals surface area contributed by atoms with Crippen molar-refractivity contribution in [3.05, 3.63) is 46.7 Å². The lowest BCUT2D eigenvalue weighted by Crippen LogP contribution is -1.98. The third-order valence-corrected chi connectivity index (χ3v) is 3.01. The normalized spacial score (nSPS) is 19.8. The number of aryl methyl sites for hydroxylation is 1. The minimum absolute atomic E-state index is 0.0134. The number of allylic oxidation sites excluding steroid dienone is 1. The Morgan fingerprint density at radius 3 is 2.38 bits per heavy atom. The van der Waals surface area contributed by atoms with Gasteiger partial charge in [-0.25, -0.2) is 0 Å². The maximum atomic E-state index is 11.3. The first-order chi connectivity index (χ1) is 7.58. The molecule has 1 heterocycles. The predicted molar refractivity (Wildman–Crippen MR) is 63.0 cm³/mol. The number of ether oxygens (including phenoxy) is 1. The van der Waals surface area contributed by atoms with E-state index >= 15 is 0 Å². The molecule has 16 heavy (non-hydrogen) atoms. The molecule has 0 N–H and O–H groups in total. The lowest BCUT2D eigenvalue weighted by Gasteiger charge is -2.12. The first-order valence-corrected chi connectivity index (χ1v) is 5.52. The minimum atomic E-state index is 0.0134. The summed E-state index contributed by atoms with van der Waals surface area (Å²) in [4.78, 5) is 11.3. The van der Waals surface area contributed by atoms with Gasteiger partial charge in [0.05, 0.1) is 0 Å². The van der Waals surface area contributed by atoms with Gasteiger partial charge in [-0.05, 0) is 26.3 Å². The van der Waals surface area contributed by atoms with Crippen LogP contribution >= 0.6 is 0 Å². The Balaban J connectivity index is 2.17. The molecule has 0 spiro atoms. The standard InChI is InChI=1S/C14H16O2/c1-9-4-6-12(7-5-9)14-8-13(10(2)15)11(3)16-14/h4-7,14H,8H2,1-3H3. The Bertz CT molecular complexity index is 440. The molecule has 2 heteroatoms. The van der Waals surface area contributed by atoms with Crippen molar-refractivity contribution in [1.29, 1.82) is 0 Å². The third kappa shape index (κ3) is 2.01. The van der Waals surface area contributed by atoms with Gasteiger partial charge < -0.3 is 4.74 Å². The Hall–Kier alpha value is -1.57. The molecule has 2 nitrogen and oxygen atoms in total. The number of ketones is 1. The number of hydrogen-bond donors (Lipinski definition) is 0. The summed E-state index contributed by atoms with van der Waals surface area (Å²) < 4.78 is 5.72. The van der Waals surface area contributed by atoms with E-state index in [1.54, 1.807) is 6.92 Å². The van der Waals surface area contributed by atoms with Crippen molar-refractivity contribution in [3.8, 4) is 0 Å². The van der Waals surface area contributed by atoms with Crippen LogP contribution in [0, 0.1) is 6.92 Å². The number of carbonyl (C=O) groups is 1. The fourth-order valence-corrected chi connectivity index (χ4v) is 2.01. The number of carbonyl (C=O) groups excluding carboxylic acids is 1. The van der Waals surface area contributed by atoms with Gasteiger partial charge >= 0.3 is 0 Å². The zero-order chi connectivity index (χ0) is 11.7. The van der Waals surface area contributed by atoms with Crippen LogP contribution in [0.5, 0.6) is 0 Å². The summed E-state index contributed by atoms with van der Waals surface area (Å²) in [7, 11) is 0. The average Bonchev–Trinajstić information content (AvgIpc) is 2.61. The molecule has 1 aliphatic heterocycles. The highest BCUT2D eigenvalue weighted by molar-refractivity contribution is 5.94. The summed E-state index contributed by atoms with van der Waals surface area (Å²) in [6, 6.07) is 8.27. The second-order valence-corrected chi connectivity index (χ2v) is 4.31. The van der Waals surface area contributed by atoms with Crippen molar-refractivity contribution >= 4 is 5.78 Å². The van der Waals surface area contributed by atoms with E-state index in [2.05, 4.69) is 31.2 Å². The van der Waals surface area contributed by atoms with E-state index in [4.69, 9.17) is 4.74 Å². The molecule has 2 rings (SSSR count). The Morgan fingerprint density at radius 2 is 1.88 bits per heavy atom. The molecular weight excluding hydrogens is 200 g/mol. The summed E-state index contributed by atoms with van der Waals surface area (Å²) >= 11 is 0. The summed E-state index contributed by atoms with van der Waals surface area (Å²) in [5, 5.41) is 0. The van der Waals surface area contributed by atoms with Crippen LogP contribution in [-0.2, 0) is 9.53 Å². The number of Topliss-reactive ketones (excluding diaryl/α,β-unsaturated/α-hetero) is 1. The van der Waals surface area contributed by atoms with Crippen LogP contribution in [0.4, 0.5) is 0 Å². The van der Waals surface area contributed by atoms with Gasteiger partial charge in [0.15, 0.2) is 5.78 Å². The van der Waals surface area contributed by atoms with Gasteiger partial charge in [-0.3, -0.25) is 4.79 Å². The summed E-state index contributed by atoms with van der Waals surface area (Å²) in [6.45, 7) is 5.52. The van der Waals surface area contributed by atoms with Gasteiger partial charge in [-0.2, -0.15) is 0 Å². The van der Waals surface area contributed by atoms with E-state index in [0.717, 1.165) is 16.9 Å². The highest BCUT2D eigenvalue weighted by Crippen LogP contribution is 2.35. The Labute approximate surface area is 95.9 Å². The topological polar surface area (TPSA) is 26.3 Å².